The highest BCUT2D eigenvalue weighted by molar-refractivity contribution is 9.10. The topological polar surface area (TPSA) is 63.8 Å². The zero-order valence-corrected chi connectivity index (χ0v) is 13.9. The molecule has 2 aromatic rings. The Hall–Kier alpha value is -1.54. The van der Waals surface area contributed by atoms with Gasteiger partial charge in [-0.25, -0.2) is 4.98 Å². The molecule has 0 spiro atoms. The van der Waals surface area contributed by atoms with Crippen molar-refractivity contribution >= 4 is 39.3 Å². The number of alkyl halides is 3. The van der Waals surface area contributed by atoms with Crippen LogP contribution in [-0.4, -0.2) is 16.0 Å². The lowest BCUT2D eigenvalue weighted by molar-refractivity contribution is -0.137. The van der Waals surface area contributed by atoms with Crippen LogP contribution < -0.4 is 11.1 Å². The van der Waals surface area contributed by atoms with Crippen LogP contribution in [0.1, 0.15) is 18.4 Å². The first kappa shape index (κ1) is 16.3. The molecule has 0 aliphatic heterocycles. The van der Waals surface area contributed by atoms with Crippen molar-refractivity contribution < 1.29 is 13.2 Å². The molecule has 0 radical (unpaired) electrons. The Morgan fingerprint density at radius 3 is 2.52 bits per heavy atom. The van der Waals surface area contributed by atoms with Gasteiger partial charge in [0.05, 0.1) is 11.3 Å². The average Bonchev–Trinajstić information content (AvgIpc) is 3.25. The molecule has 0 atom stereocenters. The molecule has 0 saturated heterocycles. The monoisotopic (exact) mass is 406 g/mol. The minimum absolute atomic E-state index is 0.0546. The van der Waals surface area contributed by atoms with Crippen molar-refractivity contribution in [3.8, 4) is 11.3 Å². The van der Waals surface area contributed by atoms with Gasteiger partial charge in [0.2, 0.25) is 5.95 Å². The van der Waals surface area contributed by atoms with Gasteiger partial charge in [-0.1, -0.05) is 27.5 Å². The Balaban J connectivity index is 2.10. The number of halogens is 5. The first-order valence-electron chi connectivity index (χ1n) is 6.72. The minimum Gasteiger partial charge on any atom is -0.368 e. The molecule has 1 heterocycles. The quantitative estimate of drug-likeness (QED) is 0.772. The summed E-state index contributed by atoms with van der Waals surface area (Å²) in [5.41, 5.74) is 5.24. The number of benzene rings is 1. The van der Waals surface area contributed by atoms with Gasteiger partial charge in [-0.05, 0) is 31.0 Å². The van der Waals surface area contributed by atoms with E-state index in [1.165, 1.54) is 6.07 Å². The van der Waals surface area contributed by atoms with Crippen LogP contribution in [0.4, 0.5) is 24.9 Å². The molecule has 1 aromatic heterocycles. The lowest BCUT2D eigenvalue weighted by atomic mass is 10.1. The first-order valence-corrected chi connectivity index (χ1v) is 7.89. The van der Waals surface area contributed by atoms with Crippen molar-refractivity contribution in [1.82, 2.24) is 9.97 Å². The van der Waals surface area contributed by atoms with Crippen LogP contribution >= 0.6 is 27.5 Å². The van der Waals surface area contributed by atoms with E-state index in [-0.39, 0.29) is 32.7 Å². The number of aromatic nitrogens is 2. The second-order valence-electron chi connectivity index (χ2n) is 5.24. The van der Waals surface area contributed by atoms with Crippen LogP contribution in [0.5, 0.6) is 0 Å². The fourth-order valence-corrected chi connectivity index (χ4v) is 2.80. The van der Waals surface area contributed by atoms with E-state index in [0.29, 0.717) is 5.82 Å². The minimum atomic E-state index is -4.47. The molecule has 0 bridgehead atoms. The van der Waals surface area contributed by atoms with Crippen LogP contribution in [0.3, 0.4) is 0 Å². The molecule has 3 rings (SSSR count). The molecular formula is C14H11BrClF3N4. The molecule has 1 saturated carbocycles. The predicted molar refractivity (Wildman–Crippen MR) is 86.2 cm³/mol. The van der Waals surface area contributed by atoms with E-state index in [4.69, 9.17) is 17.3 Å². The third kappa shape index (κ3) is 3.69. The normalized spacial score (nSPS) is 14.8. The van der Waals surface area contributed by atoms with Crippen molar-refractivity contribution in [3.05, 3.63) is 33.3 Å². The van der Waals surface area contributed by atoms with Gasteiger partial charge in [-0.15, -0.1) is 0 Å². The molecule has 122 valence electrons. The molecule has 4 nitrogen and oxygen atoms in total. The number of rotatable bonds is 3. The highest BCUT2D eigenvalue weighted by Crippen LogP contribution is 2.38. The van der Waals surface area contributed by atoms with E-state index in [1.807, 2.05) is 0 Å². The van der Waals surface area contributed by atoms with Crippen molar-refractivity contribution in [3.63, 3.8) is 0 Å². The van der Waals surface area contributed by atoms with Gasteiger partial charge in [0.25, 0.3) is 0 Å². The largest absolute Gasteiger partial charge is 0.416 e. The summed E-state index contributed by atoms with van der Waals surface area (Å²) >= 11 is 9.35. The van der Waals surface area contributed by atoms with Crippen LogP contribution in [0.25, 0.3) is 11.3 Å². The first-order chi connectivity index (χ1) is 10.7. The van der Waals surface area contributed by atoms with E-state index in [9.17, 15) is 13.2 Å². The summed E-state index contributed by atoms with van der Waals surface area (Å²) < 4.78 is 39.2. The molecule has 1 aromatic carbocycles. The maximum Gasteiger partial charge on any atom is 0.416 e. The number of hydrogen-bond acceptors (Lipinski definition) is 4. The van der Waals surface area contributed by atoms with Crippen molar-refractivity contribution in [2.24, 2.45) is 0 Å². The van der Waals surface area contributed by atoms with Crippen LogP contribution in [0.15, 0.2) is 22.7 Å². The Bertz CT molecular complexity index is 762. The Labute approximate surface area is 143 Å². The van der Waals surface area contributed by atoms with Crippen LogP contribution in [-0.2, 0) is 6.18 Å². The Morgan fingerprint density at radius 2 is 1.91 bits per heavy atom. The zero-order valence-electron chi connectivity index (χ0n) is 11.6. The van der Waals surface area contributed by atoms with Gasteiger partial charge in [0.15, 0.2) is 5.82 Å². The molecule has 23 heavy (non-hydrogen) atoms. The van der Waals surface area contributed by atoms with Crippen LogP contribution in [0.2, 0.25) is 5.02 Å². The third-order valence-electron chi connectivity index (χ3n) is 3.29. The summed E-state index contributed by atoms with van der Waals surface area (Å²) in [6, 6.07) is 3.75. The second kappa shape index (κ2) is 5.83. The fraction of sp³-hybridized carbons (Fsp3) is 0.286. The van der Waals surface area contributed by atoms with Gasteiger partial charge in [-0.2, -0.15) is 18.2 Å². The summed E-state index contributed by atoms with van der Waals surface area (Å²) in [6.07, 6.45) is -2.49. The second-order valence-corrected chi connectivity index (χ2v) is 6.53. The highest BCUT2D eigenvalue weighted by atomic mass is 79.9. The zero-order chi connectivity index (χ0) is 16.8. The molecule has 1 aliphatic rings. The number of hydrogen-bond donors (Lipinski definition) is 2. The maximum absolute atomic E-state index is 13.0. The van der Waals surface area contributed by atoms with E-state index >= 15 is 0 Å². The Morgan fingerprint density at radius 1 is 1.22 bits per heavy atom. The Kier molecular flexibility index (Phi) is 4.14. The molecule has 1 fully saturated rings. The predicted octanol–water partition coefficient (Wildman–Crippen LogP) is 4.73. The third-order valence-corrected chi connectivity index (χ3v) is 4.10. The van der Waals surface area contributed by atoms with Gasteiger partial charge >= 0.3 is 6.18 Å². The fourth-order valence-electron chi connectivity index (χ4n) is 2.06. The number of nitrogens with two attached hydrogens (primary N) is 1. The number of nitrogens with zero attached hydrogens (tertiary/aromatic N) is 2. The average molecular weight is 408 g/mol. The smallest absolute Gasteiger partial charge is 0.368 e. The lowest BCUT2D eigenvalue weighted by Gasteiger charge is -2.13. The van der Waals surface area contributed by atoms with Crippen molar-refractivity contribution in [1.29, 1.82) is 0 Å². The lowest BCUT2D eigenvalue weighted by Crippen LogP contribution is -2.09. The van der Waals surface area contributed by atoms with Gasteiger partial charge in [0, 0.05) is 16.1 Å². The molecule has 0 unspecified atom stereocenters. The van der Waals surface area contributed by atoms with E-state index in [1.54, 1.807) is 0 Å². The summed E-state index contributed by atoms with van der Waals surface area (Å²) in [7, 11) is 0. The highest BCUT2D eigenvalue weighted by Gasteiger charge is 2.32. The van der Waals surface area contributed by atoms with E-state index < -0.39 is 11.7 Å². The summed E-state index contributed by atoms with van der Waals surface area (Å²) in [5, 5.41) is 3.25. The van der Waals surface area contributed by atoms with Crippen molar-refractivity contribution in [2.75, 3.05) is 11.1 Å². The molecular weight excluding hydrogens is 397 g/mol. The van der Waals surface area contributed by atoms with Gasteiger partial charge < -0.3 is 11.1 Å². The van der Waals surface area contributed by atoms with Gasteiger partial charge in [0.1, 0.15) is 5.02 Å². The van der Waals surface area contributed by atoms with Crippen molar-refractivity contribution in [2.45, 2.75) is 25.1 Å². The molecule has 9 heteroatoms. The number of nitrogen functional groups attached to an aromatic ring is 1. The molecule has 1 aliphatic carbocycles. The van der Waals surface area contributed by atoms with Crippen LogP contribution in [0, 0.1) is 0 Å². The van der Waals surface area contributed by atoms with Gasteiger partial charge in [-0.3, -0.25) is 0 Å². The van der Waals surface area contributed by atoms with E-state index in [0.717, 1.165) is 25.0 Å². The number of anilines is 2. The summed E-state index contributed by atoms with van der Waals surface area (Å²) in [5.74, 6) is 0.284. The molecule has 0 amide bonds. The van der Waals surface area contributed by atoms with E-state index in [2.05, 4.69) is 31.2 Å². The SMILES string of the molecule is Nc1nc(NC2CC2)c(Cl)c(-c2cc(Br)cc(C(F)(F)F)c2)n1. The maximum atomic E-state index is 13.0. The standard InChI is InChI=1S/C14H11BrClF3N4/c15-8-4-6(3-7(5-8)14(17,18)19)11-10(16)12(21-9-1-2-9)23-13(20)22-11/h3-5,9H,1-2H2,(H3,20,21,22,23). The summed E-state index contributed by atoms with van der Waals surface area (Å²) in [6.45, 7) is 0. The summed E-state index contributed by atoms with van der Waals surface area (Å²) in [4.78, 5) is 8.02. The number of nitrogens with one attached hydrogen (secondary N) is 1. The molecule has 3 N–H and O–H groups in total.